The van der Waals surface area contributed by atoms with Crippen LogP contribution in [0.25, 0.3) is 11.0 Å². The van der Waals surface area contributed by atoms with Gasteiger partial charge in [-0.05, 0) is 43.7 Å². The predicted molar refractivity (Wildman–Crippen MR) is 126 cm³/mol. The van der Waals surface area contributed by atoms with Gasteiger partial charge in [0.2, 0.25) is 5.76 Å². The highest BCUT2D eigenvalue weighted by molar-refractivity contribution is 5.99. The van der Waals surface area contributed by atoms with Crippen molar-refractivity contribution in [3.63, 3.8) is 0 Å². The van der Waals surface area contributed by atoms with Crippen molar-refractivity contribution < 1.29 is 23.6 Å². The SMILES string of the molecule is CC[NH+](CC)CCCN1C(=O)c2oc3ccccc3c(=O)c2[C@@H]1c1ccc(OC)c(OC)c1. The Bertz CT molecular complexity index is 1220. The fraction of sp³-hybridized carbons (Fsp3) is 0.385. The Morgan fingerprint density at radius 3 is 2.42 bits per heavy atom. The van der Waals surface area contributed by atoms with Crippen LogP contribution in [-0.2, 0) is 0 Å². The summed E-state index contributed by atoms with van der Waals surface area (Å²) in [6.45, 7) is 7.88. The summed E-state index contributed by atoms with van der Waals surface area (Å²) < 4.78 is 16.9. The molecule has 1 atom stereocenters. The second-order valence-electron chi connectivity index (χ2n) is 8.25. The Labute approximate surface area is 193 Å². The van der Waals surface area contributed by atoms with E-state index in [0.717, 1.165) is 31.6 Å². The maximum absolute atomic E-state index is 13.5. The van der Waals surface area contributed by atoms with E-state index in [4.69, 9.17) is 13.9 Å². The molecule has 0 bridgehead atoms. The summed E-state index contributed by atoms with van der Waals surface area (Å²) in [5.74, 6) is 1.03. The van der Waals surface area contributed by atoms with Crippen molar-refractivity contribution in [1.82, 2.24) is 4.90 Å². The highest BCUT2D eigenvalue weighted by atomic mass is 16.5. The van der Waals surface area contributed by atoms with Gasteiger partial charge in [-0.3, -0.25) is 9.59 Å². The number of ether oxygens (including phenoxy) is 2. The number of rotatable bonds is 9. The molecule has 2 aromatic carbocycles. The first-order chi connectivity index (χ1) is 16.0. The lowest BCUT2D eigenvalue weighted by molar-refractivity contribution is -0.896. The van der Waals surface area contributed by atoms with Crippen LogP contribution in [0.2, 0.25) is 0 Å². The van der Waals surface area contributed by atoms with Gasteiger partial charge in [0.25, 0.3) is 5.91 Å². The van der Waals surface area contributed by atoms with Crippen molar-refractivity contribution in [2.24, 2.45) is 0 Å². The van der Waals surface area contributed by atoms with E-state index in [1.165, 1.54) is 4.90 Å². The molecule has 7 heteroatoms. The molecule has 1 N–H and O–H groups in total. The molecule has 1 amide bonds. The Morgan fingerprint density at radius 1 is 1.00 bits per heavy atom. The number of methoxy groups -OCH3 is 2. The molecule has 0 spiro atoms. The largest absolute Gasteiger partial charge is 0.493 e. The molecule has 0 saturated heterocycles. The summed E-state index contributed by atoms with van der Waals surface area (Å²) in [4.78, 5) is 30.3. The number of hydrogen-bond acceptors (Lipinski definition) is 5. The number of nitrogens with zero attached hydrogens (tertiary/aromatic N) is 1. The van der Waals surface area contributed by atoms with Crippen molar-refractivity contribution in [1.29, 1.82) is 0 Å². The van der Waals surface area contributed by atoms with Crippen molar-refractivity contribution in [3.05, 3.63) is 69.6 Å². The number of benzene rings is 2. The highest BCUT2D eigenvalue weighted by Crippen LogP contribution is 2.40. The highest BCUT2D eigenvalue weighted by Gasteiger charge is 2.42. The Balaban J connectivity index is 1.82. The second kappa shape index (κ2) is 9.67. The molecule has 1 aliphatic rings. The molecule has 1 aliphatic heterocycles. The number of hydrogen-bond donors (Lipinski definition) is 1. The van der Waals surface area contributed by atoms with Crippen LogP contribution in [0.1, 0.15) is 48.0 Å². The number of nitrogens with one attached hydrogen (secondary N) is 1. The number of carbonyl (C=O) groups excluding carboxylic acids is 1. The molecule has 4 rings (SSSR count). The molecule has 1 aromatic heterocycles. The molecular weight excluding hydrogens is 420 g/mol. The minimum Gasteiger partial charge on any atom is -0.493 e. The summed E-state index contributed by atoms with van der Waals surface area (Å²) in [5.41, 5.74) is 1.44. The van der Waals surface area contributed by atoms with Crippen LogP contribution in [0.15, 0.2) is 51.7 Å². The lowest BCUT2D eigenvalue weighted by Crippen LogP contribution is -3.11. The van der Waals surface area contributed by atoms with E-state index < -0.39 is 6.04 Å². The van der Waals surface area contributed by atoms with Crippen LogP contribution in [-0.4, -0.2) is 51.2 Å². The zero-order valence-electron chi connectivity index (χ0n) is 19.6. The molecule has 2 heterocycles. The first-order valence-electron chi connectivity index (χ1n) is 11.5. The lowest BCUT2D eigenvalue weighted by atomic mass is 9.98. The summed E-state index contributed by atoms with van der Waals surface area (Å²) in [5, 5.41) is 0.476. The normalized spacial score (nSPS) is 15.4. The zero-order chi connectivity index (χ0) is 23.5. The van der Waals surface area contributed by atoms with Gasteiger partial charge in [-0.1, -0.05) is 18.2 Å². The Hall–Kier alpha value is -3.32. The van der Waals surface area contributed by atoms with Crippen LogP contribution in [0.3, 0.4) is 0 Å². The minimum absolute atomic E-state index is 0.133. The minimum atomic E-state index is -0.542. The van der Waals surface area contributed by atoms with E-state index >= 15 is 0 Å². The smallest absolute Gasteiger partial charge is 0.290 e. The van der Waals surface area contributed by atoms with Crippen molar-refractivity contribution in [3.8, 4) is 11.5 Å². The van der Waals surface area contributed by atoms with Crippen molar-refractivity contribution >= 4 is 16.9 Å². The number of fused-ring (bicyclic) bond motifs is 2. The average molecular weight is 452 g/mol. The van der Waals surface area contributed by atoms with Gasteiger partial charge < -0.3 is 23.7 Å². The molecule has 3 aromatic rings. The van der Waals surface area contributed by atoms with Crippen LogP contribution >= 0.6 is 0 Å². The third kappa shape index (κ3) is 4.09. The summed E-state index contributed by atoms with van der Waals surface area (Å²) in [6.07, 6.45) is 0.828. The first-order valence-corrected chi connectivity index (χ1v) is 11.5. The Morgan fingerprint density at radius 2 is 1.73 bits per heavy atom. The molecule has 0 radical (unpaired) electrons. The van der Waals surface area contributed by atoms with Crippen molar-refractivity contribution in [2.75, 3.05) is 40.4 Å². The van der Waals surface area contributed by atoms with Gasteiger partial charge in [-0.15, -0.1) is 0 Å². The monoisotopic (exact) mass is 451 g/mol. The Kier molecular flexibility index (Phi) is 6.70. The third-order valence-corrected chi connectivity index (χ3v) is 6.53. The first kappa shape index (κ1) is 22.9. The summed E-state index contributed by atoms with van der Waals surface area (Å²) in [6, 6.07) is 12.0. The maximum atomic E-state index is 13.5. The standard InChI is InChI=1S/C26H30N2O5/c1-5-27(6-2)14-9-15-28-23(17-12-13-20(31-3)21(16-17)32-4)22-24(29)18-10-7-8-11-19(18)33-25(22)26(28)30/h7-8,10-13,16,23H,5-6,9,14-15H2,1-4H3/p+1/t23-/m0/s1. The summed E-state index contributed by atoms with van der Waals surface area (Å²) in [7, 11) is 3.15. The lowest BCUT2D eigenvalue weighted by Gasteiger charge is -2.26. The molecule has 174 valence electrons. The van der Waals surface area contributed by atoms with Gasteiger partial charge in [-0.25, -0.2) is 0 Å². The molecule has 7 nitrogen and oxygen atoms in total. The van der Waals surface area contributed by atoms with Gasteiger partial charge >= 0.3 is 0 Å². The molecular formula is C26H31N2O5+. The maximum Gasteiger partial charge on any atom is 0.290 e. The van der Waals surface area contributed by atoms with Crippen LogP contribution in [0, 0.1) is 0 Å². The van der Waals surface area contributed by atoms with Gasteiger partial charge in [0.05, 0.1) is 50.8 Å². The summed E-state index contributed by atoms with van der Waals surface area (Å²) >= 11 is 0. The van der Waals surface area contributed by atoms with E-state index in [1.807, 2.05) is 12.1 Å². The molecule has 0 aliphatic carbocycles. The quantitative estimate of drug-likeness (QED) is 0.542. The second-order valence-corrected chi connectivity index (χ2v) is 8.25. The van der Waals surface area contributed by atoms with Crippen LogP contribution in [0.4, 0.5) is 0 Å². The number of amides is 1. The van der Waals surface area contributed by atoms with E-state index in [9.17, 15) is 9.59 Å². The molecule has 33 heavy (non-hydrogen) atoms. The average Bonchev–Trinajstić information content (AvgIpc) is 3.13. The van der Waals surface area contributed by atoms with Gasteiger partial charge in [0, 0.05) is 13.0 Å². The van der Waals surface area contributed by atoms with E-state index in [2.05, 4.69) is 13.8 Å². The van der Waals surface area contributed by atoms with E-state index in [1.54, 1.807) is 49.5 Å². The number of carbonyl (C=O) groups is 1. The molecule has 0 fully saturated rings. The van der Waals surface area contributed by atoms with E-state index in [0.29, 0.717) is 34.6 Å². The van der Waals surface area contributed by atoms with Crippen molar-refractivity contribution in [2.45, 2.75) is 26.3 Å². The number of para-hydroxylation sites is 1. The third-order valence-electron chi connectivity index (χ3n) is 6.53. The van der Waals surface area contributed by atoms with E-state index in [-0.39, 0.29) is 17.1 Å². The topological polar surface area (TPSA) is 73.4 Å². The van der Waals surface area contributed by atoms with Gasteiger partial charge in [0.15, 0.2) is 16.9 Å². The predicted octanol–water partition coefficient (Wildman–Crippen LogP) is 2.67. The molecule has 0 saturated carbocycles. The van der Waals surface area contributed by atoms with Crippen LogP contribution < -0.4 is 19.8 Å². The molecule has 0 unspecified atom stereocenters. The fourth-order valence-electron chi connectivity index (χ4n) is 4.67. The zero-order valence-corrected chi connectivity index (χ0v) is 19.6. The fourth-order valence-corrected chi connectivity index (χ4v) is 4.67. The van der Waals surface area contributed by atoms with Crippen LogP contribution in [0.5, 0.6) is 11.5 Å². The number of quaternary nitrogens is 1. The van der Waals surface area contributed by atoms with Gasteiger partial charge in [0.1, 0.15) is 5.58 Å². The van der Waals surface area contributed by atoms with Gasteiger partial charge in [-0.2, -0.15) is 0 Å².